The molecule has 0 spiro atoms. The van der Waals surface area contributed by atoms with Crippen LogP contribution in [0.2, 0.25) is 0 Å². The fourth-order valence-corrected chi connectivity index (χ4v) is 2.92. The first-order valence-corrected chi connectivity index (χ1v) is 9.30. The first-order valence-electron chi connectivity index (χ1n) is 9.30. The van der Waals surface area contributed by atoms with E-state index in [0.717, 1.165) is 23.3 Å². The van der Waals surface area contributed by atoms with Crippen molar-refractivity contribution in [2.45, 2.75) is 6.54 Å². The number of hydrogen-bond donors (Lipinski definition) is 0. The Labute approximate surface area is 183 Å². The molecule has 29 heavy (non-hydrogen) atoms. The van der Waals surface area contributed by atoms with Gasteiger partial charge in [-0.2, -0.15) is 23.3 Å². The maximum absolute atomic E-state index is 12.3. The fraction of sp³-hybridized carbons (Fsp3) is 0.167. The molecule has 2 aromatic rings. The molecular formula is C24H25FeN3O. The Hall–Kier alpha value is -2.72. The van der Waals surface area contributed by atoms with Gasteiger partial charge in [-0.15, -0.1) is 0 Å². The van der Waals surface area contributed by atoms with Gasteiger partial charge in [0.05, 0.1) is 12.8 Å². The average molecular weight is 427 g/mol. The Balaban J connectivity index is 0.000000437. The van der Waals surface area contributed by atoms with Gasteiger partial charge in [-0.25, -0.2) is 12.1 Å². The first kappa shape index (κ1) is 22.6. The van der Waals surface area contributed by atoms with Crippen molar-refractivity contribution >= 4 is 6.21 Å². The van der Waals surface area contributed by atoms with Gasteiger partial charge in [0, 0.05) is 12.1 Å². The standard InChI is InChI=1S/C19H21N3O.C5H5.Fe/c1-21(2)13-16-8-9-17(10-16)18-11-19(23)22(20-12-18)14-15-6-4-3-5-7-15;1-2-4-5-3-1;/h3-12,23H,13-14H2,1-2H3;1-5H;/q;-1;+2/p-1/b18-17-;;. The second kappa shape index (κ2) is 11.3. The topological polar surface area (TPSA) is 41.9 Å². The Bertz CT molecular complexity index is 890. The van der Waals surface area contributed by atoms with Crippen LogP contribution in [0.4, 0.5) is 0 Å². The SMILES string of the molecule is CN(C)CC1=C/C(=C2\C=NN(Cc3ccccc3)C([O-])=C2)C=C1.[Fe+2].c1cc[cH-]c1. The van der Waals surface area contributed by atoms with Gasteiger partial charge in [0.2, 0.25) is 0 Å². The van der Waals surface area contributed by atoms with Crippen molar-refractivity contribution < 1.29 is 22.2 Å². The molecule has 0 N–H and O–H groups in total. The van der Waals surface area contributed by atoms with Crippen LogP contribution in [0.15, 0.2) is 113 Å². The number of likely N-dealkylation sites (N-methyl/N-ethyl adjacent to an activating group) is 1. The van der Waals surface area contributed by atoms with Crippen LogP contribution in [0.25, 0.3) is 0 Å². The number of benzene rings is 1. The number of nitrogens with zero attached hydrogens (tertiary/aromatic N) is 3. The molecule has 4 rings (SSSR count). The van der Waals surface area contributed by atoms with Crippen molar-refractivity contribution in [1.29, 1.82) is 0 Å². The molecule has 0 saturated heterocycles. The molecule has 0 atom stereocenters. The van der Waals surface area contributed by atoms with Crippen LogP contribution in [0.5, 0.6) is 0 Å². The summed E-state index contributed by atoms with van der Waals surface area (Å²) >= 11 is 0. The van der Waals surface area contributed by atoms with E-state index in [-0.39, 0.29) is 23.0 Å². The van der Waals surface area contributed by atoms with Crippen molar-refractivity contribution in [3.8, 4) is 0 Å². The smallest absolute Gasteiger partial charge is 0.859 e. The fourth-order valence-electron chi connectivity index (χ4n) is 2.92. The van der Waals surface area contributed by atoms with Crippen LogP contribution in [0, 0.1) is 0 Å². The molecule has 0 bridgehead atoms. The van der Waals surface area contributed by atoms with E-state index in [1.165, 1.54) is 10.6 Å². The Morgan fingerprint density at radius 2 is 1.69 bits per heavy atom. The summed E-state index contributed by atoms with van der Waals surface area (Å²) in [5, 5.41) is 18.1. The van der Waals surface area contributed by atoms with Crippen LogP contribution < -0.4 is 5.11 Å². The molecule has 0 radical (unpaired) electrons. The average Bonchev–Trinajstić information content (AvgIpc) is 3.39. The molecule has 2 aliphatic rings. The Kier molecular flexibility index (Phi) is 8.81. The largest absolute Gasteiger partial charge is 2.00 e. The van der Waals surface area contributed by atoms with Crippen LogP contribution in [-0.4, -0.2) is 36.8 Å². The van der Waals surface area contributed by atoms with Crippen molar-refractivity contribution in [3.05, 3.63) is 113 Å². The second-order valence-electron chi connectivity index (χ2n) is 6.93. The summed E-state index contributed by atoms with van der Waals surface area (Å²) in [4.78, 5) is 2.12. The predicted molar refractivity (Wildman–Crippen MR) is 113 cm³/mol. The quantitative estimate of drug-likeness (QED) is 0.555. The van der Waals surface area contributed by atoms with Crippen molar-refractivity contribution in [2.24, 2.45) is 5.10 Å². The summed E-state index contributed by atoms with van der Waals surface area (Å²) in [7, 11) is 4.08. The van der Waals surface area contributed by atoms with Crippen LogP contribution >= 0.6 is 0 Å². The number of hydrogen-bond acceptors (Lipinski definition) is 4. The van der Waals surface area contributed by atoms with Crippen molar-refractivity contribution in [2.75, 3.05) is 20.6 Å². The van der Waals surface area contributed by atoms with Crippen molar-refractivity contribution in [3.63, 3.8) is 0 Å². The van der Waals surface area contributed by atoms with Crippen LogP contribution in [-0.2, 0) is 23.6 Å². The minimum Gasteiger partial charge on any atom is -0.859 e. The third-order valence-corrected chi connectivity index (χ3v) is 4.25. The maximum Gasteiger partial charge on any atom is 2.00 e. The molecule has 1 heterocycles. The van der Waals surface area contributed by atoms with Crippen molar-refractivity contribution in [1.82, 2.24) is 9.91 Å². The third kappa shape index (κ3) is 6.99. The van der Waals surface area contributed by atoms with Gasteiger partial charge in [-0.1, -0.05) is 42.5 Å². The van der Waals surface area contributed by atoms with Gasteiger partial charge >= 0.3 is 17.1 Å². The molecule has 0 aromatic heterocycles. The van der Waals surface area contributed by atoms with E-state index < -0.39 is 0 Å². The molecule has 0 unspecified atom stereocenters. The summed E-state index contributed by atoms with van der Waals surface area (Å²) in [5.74, 6) is -0.0817. The van der Waals surface area contributed by atoms with Crippen LogP contribution in [0.1, 0.15) is 5.56 Å². The monoisotopic (exact) mass is 427 g/mol. The van der Waals surface area contributed by atoms with Crippen LogP contribution in [0.3, 0.4) is 0 Å². The van der Waals surface area contributed by atoms with E-state index in [0.29, 0.717) is 6.54 Å². The summed E-state index contributed by atoms with van der Waals surface area (Å²) < 4.78 is 0. The molecule has 4 nitrogen and oxygen atoms in total. The zero-order chi connectivity index (χ0) is 19.8. The van der Waals surface area contributed by atoms with E-state index in [4.69, 9.17) is 0 Å². The molecule has 1 aliphatic carbocycles. The van der Waals surface area contributed by atoms with E-state index in [1.807, 2.05) is 80.8 Å². The van der Waals surface area contributed by atoms with Gasteiger partial charge in [0.1, 0.15) is 0 Å². The third-order valence-electron chi connectivity index (χ3n) is 4.25. The molecule has 150 valence electrons. The van der Waals surface area contributed by atoms with E-state index in [1.54, 1.807) is 12.3 Å². The number of hydrazone groups is 1. The molecule has 0 fully saturated rings. The second-order valence-corrected chi connectivity index (χ2v) is 6.93. The molecule has 1 aliphatic heterocycles. The summed E-state index contributed by atoms with van der Waals surface area (Å²) in [5.41, 5.74) is 4.21. The van der Waals surface area contributed by atoms with E-state index in [2.05, 4.69) is 22.2 Å². The number of rotatable bonds is 4. The van der Waals surface area contributed by atoms with Gasteiger partial charge in [-0.05, 0) is 48.8 Å². The molecule has 5 heteroatoms. The Morgan fingerprint density at radius 1 is 0.966 bits per heavy atom. The zero-order valence-electron chi connectivity index (χ0n) is 16.7. The van der Waals surface area contributed by atoms with Gasteiger partial charge in [-0.3, -0.25) is 5.01 Å². The minimum absolute atomic E-state index is 0. The van der Waals surface area contributed by atoms with E-state index >= 15 is 0 Å². The predicted octanol–water partition coefficient (Wildman–Crippen LogP) is 3.45. The molecule has 2 aromatic carbocycles. The van der Waals surface area contributed by atoms with Gasteiger partial charge in [0.15, 0.2) is 0 Å². The Morgan fingerprint density at radius 3 is 2.28 bits per heavy atom. The van der Waals surface area contributed by atoms with Gasteiger partial charge < -0.3 is 10.0 Å². The summed E-state index contributed by atoms with van der Waals surface area (Å²) in [6, 6.07) is 19.9. The zero-order valence-corrected chi connectivity index (χ0v) is 17.8. The normalized spacial score (nSPS) is 17.4. The minimum atomic E-state index is -0.0817. The first-order chi connectivity index (χ1) is 13.6. The summed E-state index contributed by atoms with van der Waals surface area (Å²) in [6.07, 6.45) is 9.66. The molecule has 0 amide bonds. The molecular weight excluding hydrogens is 402 g/mol. The molecule has 0 saturated carbocycles. The number of allylic oxidation sites excluding steroid dienone is 5. The van der Waals surface area contributed by atoms with Gasteiger partial charge in [0.25, 0.3) is 0 Å². The maximum atomic E-state index is 12.3. The van der Waals surface area contributed by atoms with E-state index in [9.17, 15) is 5.11 Å². The summed E-state index contributed by atoms with van der Waals surface area (Å²) in [6.45, 7) is 1.38.